The number of carbonyl (C=O) groups is 1. The normalized spacial score (nSPS) is 20.4. The van der Waals surface area contributed by atoms with Crippen LogP contribution in [0.5, 0.6) is 0 Å². The van der Waals surface area contributed by atoms with E-state index >= 15 is 0 Å². The summed E-state index contributed by atoms with van der Waals surface area (Å²) in [6, 6.07) is 1.76. The molecule has 1 N–H and O–H groups in total. The molecular formula is C17H22N6O2. The predicted molar refractivity (Wildman–Crippen MR) is 92.2 cm³/mol. The van der Waals surface area contributed by atoms with Crippen LogP contribution in [0, 0.1) is 6.92 Å². The second-order valence-corrected chi connectivity index (χ2v) is 6.50. The van der Waals surface area contributed by atoms with Gasteiger partial charge in [-0.05, 0) is 25.8 Å². The topological polar surface area (TPSA) is 95.3 Å². The Kier molecular flexibility index (Phi) is 4.89. The van der Waals surface area contributed by atoms with Gasteiger partial charge in [-0.15, -0.1) is 0 Å². The Bertz CT molecular complexity index is 724. The van der Waals surface area contributed by atoms with Gasteiger partial charge in [0.25, 0.3) is 5.91 Å². The fraction of sp³-hybridized carbons (Fsp3) is 0.471. The highest BCUT2D eigenvalue weighted by Gasteiger charge is 2.36. The van der Waals surface area contributed by atoms with Crippen LogP contribution >= 0.6 is 0 Å². The zero-order valence-corrected chi connectivity index (χ0v) is 14.5. The van der Waals surface area contributed by atoms with Crippen molar-refractivity contribution in [1.82, 2.24) is 24.8 Å². The molecule has 0 aliphatic carbocycles. The molecule has 1 fully saturated rings. The summed E-state index contributed by atoms with van der Waals surface area (Å²) in [5.74, 6) is 0.341. The minimum atomic E-state index is -1.01. The number of piperidine rings is 1. The second-order valence-electron chi connectivity index (χ2n) is 6.50. The summed E-state index contributed by atoms with van der Waals surface area (Å²) in [5.41, 5.74) is 0.0133. The zero-order valence-electron chi connectivity index (χ0n) is 14.5. The molecule has 1 saturated heterocycles. The first-order valence-corrected chi connectivity index (χ1v) is 8.25. The van der Waals surface area contributed by atoms with Gasteiger partial charge in [0.1, 0.15) is 5.69 Å². The third kappa shape index (κ3) is 4.08. The number of hydrogen-bond acceptors (Lipinski definition) is 7. The lowest BCUT2D eigenvalue weighted by atomic mass is 9.92. The van der Waals surface area contributed by atoms with Crippen molar-refractivity contribution in [2.24, 2.45) is 0 Å². The van der Waals surface area contributed by atoms with Crippen LogP contribution in [0.3, 0.4) is 0 Å². The van der Waals surface area contributed by atoms with E-state index in [-0.39, 0.29) is 18.1 Å². The van der Waals surface area contributed by atoms with E-state index in [4.69, 9.17) is 0 Å². The number of β-amino-alcohol motifs (C(OH)–C–C–N with tert-alkyl or cyclic N) is 1. The molecule has 1 amide bonds. The quantitative estimate of drug-likeness (QED) is 0.873. The third-order valence-corrected chi connectivity index (χ3v) is 4.27. The summed E-state index contributed by atoms with van der Waals surface area (Å²) in [6.07, 6.45) is 7.81. The van der Waals surface area contributed by atoms with Gasteiger partial charge in [-0.2, -0.15) is 0 Å². The molecule has 2 aromatic heterocycles. The minimum absolute atomic E-state index is 0.213. The first-order chi connectivity index (χ1) is 12.0. The molecule has 0 bridgehead atoms. The highest BCUT2D eigenvalue weighted by molar-refractivity contribution is 5.91. The number of likely N-dealkylation sites (N-methyl/N-ethyl adjacent to an activating group) is 1. The number of carbonyl (C=O) groups excluding carboxylic acids is 1. The molecule has 25 heavy (non-hydrogen) atoms. The van der Waals surface area contributed by atoms with Crippen LogP contribution in [0.1, 0.15) is 29.0 Å². The lowest BCUT2D eigenvalue weighted by Gasteiger charge is -2.41. The number of aryl methyl sites for hydroxylation is 1. The van der Waals surface area contributed by atoms with Gasteiger partial charge in [-0.3, -0.25) is 9.78 Å². The predicted octanol–water partition coefficient (Wildman–Crippen LogP) is 0.679. The van der Waals surface area contributed by atoms with Gasteiger partial charge in [-0.25, -0.2) is 15.0 Å². The SMILES string of the molecule is Cc1cnc(C(=O)N(C)CC2(O)CCCN(c3ncccn3)C2)cn1. The molecule has 0 saturated carbocycles. The molecule has 1 unspecified atom stereocenters. The Labute approximate surface area is 146 Å². The smallest absolute Gasteiger partial charge is 0.273 e. The number of aromatic nitrogens is 4. The van der Waals surface area contributed by atoms with E-state index in [1.165, 1.54) is 11.1 Å². The van der Waals surface area contributed by atoms with Crippen molar-refractivity contribution in [2.75, 3.05) is 31.6 Å². The second kappa shape index (κ2) is 7.10. The van der Waals surface area contributed by atoms with E-state index in [2.05, 4.69) is 19.9 Å². The number of aliphatic hydroxyl groups is 1. The molecular weight excluding hydrogens is 320 g/mol. The van der Waals surface area contributed by atoms with Crippen molar-refractivity contribution in [3.63, 3.8) is 0 Å². The van der Waals surface area contributed by atoms with E-state index in [1.54, 1.807) is 31.7 Å². The molecule has 1 aliphatic rings. The summed E-state index contributed by atoms with van der Waals surface area (Å²) in [4.78, 5) is 32.6. The Morgan fingerprint density at radius 3 is 2.72 bits per heavy atom. The van der Waals surface area contributed by atoms with Crippen molar-refractivity contribution in [2.45, 2.75) is 25.4 Å². The van der Waals surface area contributed by atoms with Gasteiger partial charge in [0, 0.05) is 32.2 Å². The highest BCUT2D eigenvalue weighted by Crippen LogP contribution is 2.24. The lowest BCUT2D eigenvalue weighted by Crippen LogP contribution is -2.55. The Morgan fingerprint density at radius 2 is 2.04 bits per heavy atom. The zero-order chi connectivity index (χ0) is 17.9. The summed E-state index contributed by atoms with van der Waals surface area (Å²) < 4.78 is 0. The lowest BCUT2D eigenvalue weighted by molar-refractivity contribution is -0.000454. The number of hydrogen-bond donors (Lipinski definition) is 1. The molecule has 132 valence electrons. The summed E-state index contributed by atoms with van der Waals surface area (Å²) in [5, 5.41) is 11.0. The van der Waals surface area contributed by atoms with E-state index < -0.39 is 5.60 Å². The van der Waals surface area contributed by atoms with Gasteiger partial charge >= 0.3 is 0 Å². The molecule has 0 radical (unpaired) electrons. The Balaban J connectivity index is 1.68. The first kappa shape index (κ1) is 17.2. The number of nitrogens with zero attached hydrogens (tertiary/aromatic N) is 6. The van der Waals surface area contributed by atoms with Crippen LogP contribution in [0.15, 0.2) is 30.9 Å². The monoisotopic (exact) mass is 342 g/mol. The fourth-order valence-corrected chi connectivity index (χ4v) is 3.08. The van der Waals surface area contributed by atoms with Gasteiger partial charge in [0.15, 0.2) is 0 Å². The molecule has 0 spiro atoms. The maximum absolute atomic E-state index is 12.5. The van der Waals surface area contributed by atoms with Crippen LogP contribution in [-0.4, -0.2) is 68.1 Å². The van der Waals surface area contributed by atoms with Gasteiger partial charge in [-0.1, -0.05) is 0 Å². The summed E-state index contributed by atoms with van der Waals surface area (Å²) >= 11 is 0. The summed E-state index contributed by atoms with van der Waals surface area (Å²) in [7, 11) is 1.67. The average molecular weight is 342 g/mol. The van der Waals surface area contributed by atoms with Crippen LogP contribution in [0.4, 0.5) is 5.95 Å². The number of anilines is 1. The minimum Gasteiger partial charge on any atom is -0.386 e. The molecule has 1 aliphatic heterocycles. The average Bonchev–Trinajstić information content (AvgIpc) is 2.62. The van der Waals surface area contributed by atoms with Crippen molar-refractivity contribution in [3.05, 3.63) is 42.2 Å². The van der Waals surface area contributed by atoms with Crippen molar-refractivity contribution >= 4 is 11.9 Å². The van der Waals surface area contributed by atoms with Crippen LogP contribution in [-0.2, 0) is 0 Å². The van der Waals surface area contributed by atoms with Crippen LogP contribution < -0.4 is 4.90 Å². The molecule has 8 nitrogen and oxygen atoms in total. The van der Waals surface area contributed by atoms with Crippen molar-refractivity contribution in [1.29, 1.82) is 0 Å². The van der Waals surface area contributed by atoms with Gasteiger partial charge < -0.3 is 14.9 Å². The molecule has 0 aromatic carbocycles. The third-order valence-electron chi connectivity index (χ3n) is 4.27. The molecule has 1 atom stereocenters. The first-order valence-electron chi connectivity index (χ1n) is 8.25. The fourth-order valence-electron chi connectivity index (χ4n) is 3.08. The highest BCUT2D eigenvalue weighted by atomic mass is 16.3. The maximum Gasteiger partial charge on any atom is 0.273 e. The standard InChI is InChI=1S/C17H22N6O2/c1-13-9-21-14(10-20-13)15(24)22(2)11-17(25)5-3-8-23(12-17)16-18-6-4-7-19-16/h4,6-7,9-10,25H,3,5,8,11-12H2,1-2H3. The number of amides is 1. The van der Waals surface area contributed by atoms with Crippen LogP contribution in [0.25, 0.3) is 0 Å². The van der Waals surface area contributed by atoms with Crippen molar-refractivity contribution < 1.29 is 9.90 Å². The molecule has 2 aromatic rings. The van der Waals surface area contributed by atoms with Gasteiger partial charge in [0.05, 0.1) is 30.6 Å². The van der Waals surface area contributed by atoms with Gasteiger partial charge in [0.2, 0.25) is 5.95 Å². The van der Waals surface area contributed by atoms with Crippen LogP contribution in [0.2, 0.25) is 0 Å². The van der Waals surface area contributed by atoms with E-state index in [1.807, 2.05) is 11.8 Å². The van der Waals surface area contributed by atoms with E-state index in [0.717, 1.165) is 18.7 Å². The molecule has 8 heteroatoms. The molecule has 3 heterocycles. The van der Waals surface area contributed by atoms with E-state index in [0.29, 0.717) is 18.9 Å². The van der Waals surface area contributed by atoms with Crippen molar-refractivity contribution in [3.8, 4) is 0 Å². The Morgan fingerprint density at radius 1 is 1.28 bits per heavy atom. The molecule has 3 rings (SSSR count). The maximum atomic E-state index is 12.5. The van der Waals surface area contributed by atoms with E-state index in [9.17, 15) is 9.90 Å². The largest absolute Gasteiger partial charge is 0.386 e. The number of rotatable bonds is 4. The Hall–Kier alpha value is -2.61. The summed E-state index contributed by atoms with van der Waals surface area (Å²) in [6.45, 7) is 3.20.